The number of hydrogen-bond donors (Lipinski definition) is 2. The van der Waals surface area contributed by atoms with Crippen molar-refractivity contribution in [1.82, 2.24) is 4.98 Å². The van der Waals surface area contributed by atoms with Gasteiger partial charge in [0.2, 0.25) is 5.91 Å². The summed E-state index contributed by atoms with van der Waals surface area (Å²) in [6.07, 6.45) is 3.47. The molecule has 5 heteroatoms. The molecule has 1 atom stereocenters. The average molecular weight is 235 g/mol. The highest BCUT2D eigenvalue weighted by Crippen LogP contribution is 2.21. The van der Waals surface area contributed by atoms with Crippen LogP contribution in [0.4, 0.5) is 5.82 Å². The molecular weight excluding hydrogens is 218 g/mol. The van der Waals surface area contributed by atoms with Crippen LogP contribution in [0.2, 0.25) is 0 Å². The number of nitrogens with two attached hydrogens (primary N) is 1. The maximum absolute atomic E-state index is 11.2. The molecule has 2 rings (SSSR count). The van der Waals surface area contributed by atoms with E-state index in [4.69, 9.17) is 10.8 Å². The molecule has 3 N–H and O–H groups in total. The van der Waals surface area contributed by atoms with Gasteiger partial charge in [0.25, 0.3) is 0 Å². The number of pyridine rings is 1. The number of carbonyl (C=O) groups excluding carboxylic acids is 1. The number of primary amides is 1. The Morgan fingerprint density at radius 2 is 2.41 bits per heavy atom. The lowest BCUT2D eigenvalue weighted by atomic mass is 9.97. The number of carbonyl (C=O) groups is 1. The molecule has 1 unspecified atom stereocenters. The van der Waals surface area contributed by atoms with Crippen molar-refractivity contribution >= 4 is 11.7 Å². The van der Waals surface area contributed by atoms with E-state index in [1.807, 2.05) is 12.1 Å². The number of aliphatic hydroxyl groups excluding tert-OH is 1. The standard InChI is InChI=1S/C12H17N3O2/c13-12(17)10-2-1-5-15(7-10)11-4-3-9(8-16)6-14-11/h3-4,6,10,16H,1-2,5,7-8H2,(H2,13,17). The Labute approximate surface area is 100 Å². The van der Waals surface area contributed by atoms with Crippen LogP contribution >= 0.6 is 0 Å². The minimum atomic E-state index is -0.235. The molecule has 0 aliphatic carbocycles. The van der Waals surface area contributed by atoms with Crippen LogP contribution in [0.25, 0.3) is 0 Å². The predicted octanol–water partition coefficient (Wildman–Crippen LogP) is 0.276. The highest BCUT2D eigenvalue weighted by atomic mass is 16.3. The van der Waals surface area contributed by atoms with E-state index >= 15 is 0 Å². The number of amides is 1. The number of hydrogen-bond acceptors (Lipinski definition) is 4. The summed E-state index contributed by atoms with van der Waals surface area (Å²) in [7, 11) is 0. The van der Waals surface area contributed by atoms with Crippen LogP contribution in [0.1, 0.15) is 18.4 Å². The zero-order valence-corrected chi connectivity index (χ0v) is 9.67. The molecule has 1 fully saturated rings. The van der Waals surface area contributed by atoms with E-state index in [9.17, 15) is 4.79 Å². The van der Waals surface area contributed by atoms with Crippen molar-refractivity contribution in [2.45, 2.75) is 19.4 Å². The zero-order chi connectivity index (χ0) is 12.3. The minimum absolute atomic E-state index is 0.00279. The first-order chi connectivity index (χ1) is 8.20. The van der Waals surface area contributed by atoms with Gasteiger partial charge >= 0.3 is 0 Å². The van der Waals surface area contributed by atoms with Crippen LogP contribution in [-0.4, -0.2) is 29.1 Å². The summed E-state index contributed by atoms with van der Waals surface area (Å²) in [5.74, 6) is 0.526. The second-order valence-electron chi connectivity index (χ2n) is 4.37. The Kier molecular flexibility index (Phi) is 3.58. The molecule has 1 aliphatic heterocycles. The van der Waals surface area contributed by atoms with Gasteiger partial charge in [-0.05, 0) is 24.5 Å². The van der Waals surface area contributed by atoms with E-state index in [0.717, 1.165) is 30.8 Å². The molecule has 1 amide bonds. The summed E-state index contributed by atoms with van der Waals surface area (Å²) in [4.78, 5) is 17.5. The summed E-state index contributed by atoms with van der Waals surface area (Å²) >= 11 is 0. The smallest absolute Gasteiger partial charge is 0.222 e. The lowest BCUT2D eigenvalue weighted by Crippen LogP contribution is -2.41. The van der Waals surface area contributed by atoms with Gasteiger partial charge < -0.3 is 15.7 Å². The largest absolute Gasteiger partial charge is 0.392 e. The van der Waals surface area contributed by atoms with Crippen molar-refractivity contribution in [1.29, 1.82) is 0 Å². The van der Waals surface area contributed by atoms with E-state index in [1.54, 1.807) is 6.20 Å². The summed E-state index contributed by atoms with van der Waals surface area (Å²) in [5.41, 5.74) is 6.12. The van der Waals surface area contributed by atoms with Crippen molar-refractivity contribution < 1.29 is 9.90 Å². The van der Waals surface area contributed by atoms with Crippen LogP contribution in [0.3, 0.4) is 0 Å². The lowest BCUT2D eigenvalue weighted by Gasteiger charge is -2.32. The molecule has 1 saturated heterocycles. The number of rotatable bonds is 3. The predicted molar refractivity (Wildman–Crippen MR) is 64.3 cm³/mol. The maximum Gasteiger partial charge on any atom is 0.222 e. The third-order valence-electron chi connectivity index (χ3n) is 3.14. The van der Waals surface area contributed by atoms with E-state index in [1.165, 1.54) is 0 Å². The lowest BCUT2D eigenvalue weighted by molar-refractivity contribution is -0.122. The fourth-order valence-electron chi connectivity index (χ4n) is 2.11. The molecule has 5 nitrogen and oxygen atoms in total. The zero-order valence-electron chi connectivity index (χ0n) is 9.67. The average Bonchev–Trinajstić information content (AvgIpc) is 2.39. The normalized spacial score (nSPS) is 20.3. The molecule has 0 spiro atoms. The number of nitrogens with zero attached hydrogens (tertiary/aromatic N) is 2. The van der Waals surface area contributed by atoms with Crippen molar-refractivity contribution in [2.75, 3.05) is 18.0 Å². The molecule has 1 aromatic heterocycles. The Hall–Kier alpha value is -1.62. The third kappa shape index (κ3) is 2.74. The van der Waals surface area contributed by atoms with Crippen LogP contribution in [0, 0.1) is 5.92 Å². The quantitative estimate of drug-likeness (QED) is 0.788. The molecule has 0 saturated carbocycles. The fraction of sp³-hybridized carbons (Fsp3) is 0.500. The van der Waals surface area contributed by atoms with Gasteiger partial charge in [0, 0.05) is 19.3 Å². The van der Waals surface area contributed by atoms with Crippen molar-refractivity contribution in [2.24, 2.45) is 11.7 Å². The monoisotopic (exact) mass is 235 g/mol. The summed E-state index contributed by atoms with van der Waals surface area (Å²) in [6, 6.07) is 3.71. The highest BCUT2D eigenvalue weighted by molar-refractivity contribution is 5.77. The molecule has 1 aliphatic rings. The van der Waals surface area contributed by atoms with E-state index < -0.39 is 0 Å². The van der Waals surface area contributed by atoms with Gasteiger partial charge in [-0.2, -0.15) is 0 Å². The molecule has 17 heavy (non-hydrogen) atoms. The van der Waals surface area contributed by atoms with Gasteiger partial charge in [0.15, 0.2) is 0 Å². The Balaban J connectivity index is 2.08. The number of aromatic nitrogens is 1. The molecule has 0 aromatic carbocycles. The van der Waals surface area contributed by atoms with Gasteiger partial charge in [-0.15, -0.1) is 0 Å². The van der Waals surface area contributed by atoms with E-state index in [0.29, 0.717) is 6.54 Å². The van der Waals surface area contributed by atoms with Gasteiger partial charge in [-0.25, -0.2) is 4.98 Å². The van der Waals surface area contributed by atoms with Crippen LogP contribution in [0.15, 0.2) is 18.3 Å². The topological polar surface area (TPSA) is 79.5 Å². The second-order valence-corrected chi connectivity index (χ2v) is 4.37. The number of piperidine rings is 1. The molecule has 92 valence electrons. The SMILES string of the molecule is NC(=O)C1CCCN(c2ccc(CO)cn2)C1. The minimum Gasteiger partial charge on any atom is -0.392 e. The summed E-state index contributed by atoms with van der Waals surface area (Å²) < 4.78 is 0. The molecule has 2 heterocycles. The van der Waals surface area contributed by atoms with Crippen molar-refractivity contribution in [3.05, 3.63) is 23.9 Å². The number of aliphatic hydroxyl groups is 1. The van der Waals surface area contributed by atoms with Crippen molar-refractivity contribution in [3.63, 3.8) is 0 Å². The third-order valence-corrected chi connectivity index (χ3v) is 3.14. The van der Waals surface area contributed by atoms with Gasteiger partial charge in [-0.3, -0.25) is 4.79 Å². The van der Waals surface area contributed by atoms with Gasteiger partial charge in [0.05, 0.1) is 12.5 Å². The summed E-state index contributed by atoms with van der Waals surface area (Å²) in [6.45, 7) is 1.53. The van der Waals surface area contributed by atoms with Crippen LogP contribution in [-0.2, 0) is 11.4 Å². The first-order valence-corrected chi connectivity index (χ1v) is 5.80. The number of anilines is 1. The molecular formula is C12H17N3O2. The first-order valence-electron chi connectivity index (χ1n) is 5.80. The van der Waals surface area contributed by atoms with Gasteiger partial charge in [0.1, 0.15) is 5.82 Å². The maximum atomic E-state index is 11.2. The second kappa shape index (κ2) is 5.14. The molecule has 1 aromatic rings. The van der Waals surface area contributed by atoms with E-state index in [-0.39, 0.29) is 18.4 Å². The van der Waals surface area contributed by atoms with Crippen LogP contribution < -0.4 is 10.6 Å². The Morgan fingerprint density at radius 3 is 3.00 bits per heavy atom. The van der Waals surface area contributed by atoms with Crippen molar-refractivity contribution in [3.8, 4) is 0 Å². The highest BCUT2D eigenvalue weighted by Gasteiger charge is 2.24. The van der Waals surface area contributed by atoms with Gasteiger partial charge in [-0.1, -0.05) is 6.07 Å². The first kappa shape index (κ1) is 11.9. The molecule has 0 bridgehead atoms. The molecule has 0 radical (unpaired) electrons. The summed E-state index contributed by atoms with van der Waals surface area (Å²) in [5, 5.41) is 8.94. The Morgan fingerprint density at radius 1 is 1.59 bits per heavy atom. The fourth-order valence-corrected chi connectivity index (χ4v) is 2.11. The van der Waals surface area contributed by atoms with E-state index in [2.05, 4.69) is 9.88 Å². The van der Waals surface area contributed by atoms with Crippen LogP contribution in [0.5, 0.6) is 0 Å². The Bertz CT molecular complexity index is 391.